The fourth-order valence-electron chi connectivity index (χ4n) is 3.15. The second-order valence-corrected chi connectivity index (χ2v) is 7.31. The van der Waals surface area contributed by atoms with Crippen LogP contribution in [0.5, 0.6) is 0 Å². The molecule has 3 rings (SSSR count). The predicted molar refractivity (Wildman–Crippen MR) is 110 cm³/mol. The number of unbranched alkanes of at least 4 members (excludes halogenated alkanes) is 1. The Balaban J connectivity index is 1.56. The van der Waals surface area contributed by atoms with Gasteiger partial charge in [0.05, 0.1) is 16.7 Å². The molecule has 2 aromatic rings. The van der Waals surface area contributed by atoms with Crippen molar-refractivity contribution >= 4 is 23.7 Å². The number of halogens is 1. The lowest BCUT2D eigenvalue weighted by atomic mass is 10.1. The monoisotopic (exact) mass is 426 g/mol. The Labute approximate surface area is 179 Å². The van der Waals surface area contributed by atoms with Crippen LogP contribution in [-0.2, 0) is 16.1 Å². The van der Waals surface area contributed by atoms with Crippen LogP contribution < -0.4 is 5.32 Å². The zero-order valence-electron chi connectivity index (χ0n) is 17.4. The van der Waals surface area contributed by atoms with E-state index in [2.05, 4.69) is 5.32 Å². The minimum atomic E-state index is -0.786. The van der Waals surface area contributed by atoms with Gasteiger partial charge in [-0.3, -0.25) is 19.3 Å². The minimum Gasteiger partial charge on any atom is -0.452 e. The fraction of sp³-hybridized carbons (Fsp3) is 0.304. The summed E-state index contributed by atoms with van der Waals surface area (Å²) in [5, 5.41) is 2.54. The summed E-state index contributed by atoms with van der Waals surface area (Å²) in [5.41, 5.74) is 1.57. The molecule has 162 valence electrons. The number of benzene rings is 2. The van der Waals surface area contributed by atoms with E-state index in [0.717, 1.165) is 6.42 Å². The Morgan fingerprint density at radius 2 is 1.81 bits per heavy atom. The lowest BCUT2D eigenvalue weighted by Crippen LogP contribution is -2.30. The molecule has 1 heterocycles. The number of amides is 3. The third kappa shape index (κ3) is 4.96. The summed E-state index contributed by atoms with van der Waals surface area (Å²) in [6.07, 6.45) is 1.54. The molecule has 1 aliphatic heterocycles. The van der Waals surface area contributed by atoms with Crippen LogP contribution in [0, 0.1) is 12.7 Å². The van der Waals surface area contributed by atoms with Crippen LogP contribution >= 0.6 is 0 Å². The van der Waals surface area contributed by atoms with Crippen LogP contribution in [0.3, 0.4) is 0 Å². The lowest BCUT2D eigenvalue weighted by Gasteiger charge is -2.12. The molecule has 1 aliphatic rings. The van der Waals surface area contributed by atoms with Gasteiger partial charge in [-0.1, -0.05) is 25.5 Å². The predicted octanol–water partition coefficient (Wildman–Crippen LogP) is 3.00. The molecule has 31 heavy (non-hydrogen) atoms. The second kappa shape index (κ2) is 9.51. The number of fused-ring (bicyclic) bond motifs is 1. The molecule has 0 saturated heterocycles. The highest BCUT2D eigenvalue weighted by Gasteiger charge is 2.35. The molecular weight excluding hydrogens is 403 g/mol. The van der Waals surface area contributed by atoms with E-state index in [1.165, 1.54) is 29.2 Å². The van der Waals surface area contributed by atoms with Gasteiger partial charge in [0.25, 0.3) is 17.7 Å². The Hall–Kier alpha value is -3.55. The zero-order valence-corrected chi connectivity index (χ0v) is 17.4. The summed E-state index contributed by atoms with van der Waals surface area (Å²) >= 11 is 0. The number of hydrogen-bond donors (Lipinski definition) is 1. The Kier molecular flexibility index (Phi) is 6.79. The molecule has 7 nitrogen and oxygen atoms in total. The molecule has 0 aliphatic carbocycles. The third-order valence-electron chi connectivity index (χ3n) is 5.00. The van der Waals surface area contributed by atoms with E-state index in [1.54, 1.807) is 19.1 Å². The van der Waals surface area contributed by atoms with Crippen LogP contribution in [0.15, 0.2) is 36.4 Å². The summed E-state index contributed by atoms with van der Waals surface area (Å²) < 4.78 is 18.5. The largest absolute Gasteiger partial charge is 0.452 e. The highest BCUT2D eigenvalue weighted by Crippen LogP contribution is 2.24. The first-order valence-electron chi connectivity index (χ1n) is 10.0. The number of aryl methyl sites for hydroxylation is 1. The number of nitrogens with one attached hydrogen (secondary N) is 1. The fourth-order valence-corrected chi connectivity index (χ4v) is 3.15. The maximum Gasteiger partial charge on any atom is 0.338 e. The maximum absolute atomic E-state index is 13.5. The van der Waals surface area contributed by atoms with Gasteiger partial charge >= 0.3 is 5.97 Å². The van der Waals surface area contributed by atoms with Gasteiger partial charge < -0.3 is 10.1 Å². The van der Waals surface area contributed by atoms with Crippen LogP contribution in [0.4, 0.5) is 4.39 Å². The first-order valence-corrected chi connectivity index (χ1v) is 10.0. The molecule has 0 aromatic heterocycles. The van der Waals surface area contributed by atoms with Crippen molar-refractivity contribution in [3.8, 4) is 0 Å². The average molecular weight is 426 g/mol. The first-order chi connectivity index (χ1) is 14.8. The molecule has 0 spiro atoms. The molecular formula is C23H23FN2O5. The van der Waals surface area contributed by atoms with Crippen LogP contribution in [0.25, 0.3) is 0 Å². The molecule has 0 atom stereocenters. The topological polar surface area (TPSA) is 92.8 Å². The Bertz CT molecular complexity index is 1050. The van der Waals surface area contributed by atoms with Crippen LogP contribution in [0.1, 0.15) is 62.0 Å². The quantitative estimate of drug-likeness (QED) is 0.517. The summed E-state index contributed by atoms with van der Waals surface area (Å²) in [4.78, 5) is 50.2. The van der Waals surface area contributed by atoms with Crippen molar-refractivity contribution in [1.29, 1.82) is 0 Å². The van der Waals surface area contributed by atoms with Gasteiger partial charge in [-0.15, -0.1) is 0 Å². The molecule has 2 aromatic carbocycles. The van der Waals surface area contributed by atoms with Crippen LogP contribution in [0.2, 0.25) is 0 Å². The van der Waals surface area contributed by atoms with E-state index in [0.29, 0.717) is 24.1 Å². The van der Waals surface area contributed by atoms with E-state index in [4.69, 9.17) is 4.74 Å². The highest BCUT2D eigenvalue weighted by molar-refractivity contribution is 6.21. The number of carbonyl (C=O) groups excluding carboxylic acids is 4. The molecule has 1 N–H and O–H groups in total. The van der Waals surface area contributed by atoms with E-state index < -0.39 is 24.4 Å². The summed E-state index contributed by atoms with van der Waals surface area (Å²) in [6.45, 7) is 3.49. The standard InChI is InChI=1S/C23H23FN2O5/c1-3-4-9-26-21(28)17-8-7-16(11-18(17)22(26)29)23(30)31-13-20(27)25-12-15-6-5-14(2)19(24)10-15/h5-8,10-11H,3-4,9,12-13H2,1-2H3,(H,25,27). The second-order valence-electron chi connectivity index (χ2n) is 7.31. The van der Waals surface area contributed by atoms with Gasteiger partial charge in [-0.25, -0.2) is 9.18 Å². The molecule has 0 fully saturated rings. The van der Waals surface area contributed by atoms with Gasteiger partial charge in [0.1, 0.15) is 5.82 Å². The number of hydrogen-bond acceptors (Lipinski definition) is 5. The van der Waals surface area contributed by atoms with Crippen LogP contribution in [-0.4, -0.2) is 41.7 Å². The Morgan fingerprint density at radius 1 is 1.06 bits per heavy atom. The Morgan fingerprint density at radius 3 is 2.52 bits per heavy atom. The molecule has 0 saturated carbocycles. The van der Waals surface area contributed by atoms with Crippen molar-refractivity contribution < 1.29 is 28.3 Å². The summed E-state index contributed by atoms with van der Waals surface area (Å²) in [5.74, 6) is -2.51. The average Bonchev–Trinajstić information content (AvgIpc) is 3.00. The normalized spacial score (nSPS) is 12.7. The van der Waals surface area contributed by atoms with E-state index in [9.17, 15) is 23.6 Å². The van der Waals surface area contributed by atoms with Crippen molar-refractivity contribution in [2.24, 2.45) is 0 Å². The van der Waals surface area contributed by atoms with E-state index >= 15 is 0 Å². The number of carbonyl (C=O) groups is 4. The van der Waals surface area contributed by atoms with Crippen molar-refractivity contribution in [1.82, 2.24) is 10.2 Å². The van der Waals surface area contributed by atoms with Gasteiger partial charge in [0, 0.05) is 13.1 Å². The summed E-state index contributed by atoms with van der Waals surface area (Å²) in [6, 6.07) is 8.76. The molecule has 8 heteroatoms. The number of esters is 1. The van der Waals surface area contributed by atoms with Crippen molar-refractivity contribution in [2.45, 2.75) is 33.2 Å². The van der Waals surface area contributed by atoms with Gasteiger partial charge in [0.2, 0.25) is 0 Å². The van der Waals surface area contributed by atoms with E-state index in [1.807, 2.05) is 6.92 Å². The molecule has 0 bridgehead atoms. The van der Waals surface area contributed by atoms with Crippen molar-refractivity contribution in [2.75, 3.05) is 13.2 Å². The van der Waals surface area contributed by atoms with Gasteiger partial charge in [0.15, 0.2) is 6.61 Å². The number of ether oxygens (including phenoxy) is 1. The highest BCUT2D eigenvalue weighted by atomic mass is 19.1. The lowest BCUT2D eigenvalue weighted by molar-refractivity contribution is -0.124. The first kappa shape index (κ1) is 22.1. The smallest absolute Gasteiger partial charge is 0.338 e. The SMILES string of the molecule is CCCCN1C(=O)c2ccc(C(=O)OCC(=O)NCc3ccc(C)c(F)c3)cc2C1=O. The molecule has 3 amide bonds. The molecule has 0 unspecified atom stereocenters. The van der Waals surface area contributed by atoms with Gasteiger partial charge in [-0.05, 0) is 48.7 Å². The molecule has 0 radical (unpaired) electrons. The summed E-state index contributed by atoms with van der Waals surface area (Å²) in [7, 11) is 0. The number of rotatable bonds is 8. The zero-order chi connectivity index (χ0) is 22.5. The van der Waals surface area contributed by atoms with Crippen molar-refractivity contribution in [3.63, 3.8) is 0 Å². The van der Waals surface area contributed by atoms with Crippen molar-refractivity contribution in [3.05, 3.63) is 70.0 Å². The maximum atomic E-state index is 13.5. The minimum absolute atomic E-state index is 0.0747. The third-order valence-corrected chi connectivity index (χ3v) is 5.00. The number of imide groups is 1. The number of nitrogens with zero attached hydrogens (tertiary/aromatic N) is 1. The van der Waals surface area contributed by atoms with E-state index in [-0.39, 0.29) is 35.0 Å². The van der Waals surface area contributed by atoms with Gasteiger partial charge in [-0.2, -0.15) is 0 Å².